The van der Waals surface area contributed by atoms with Crippen molar-refractivity contribution < 1.29 is 4.48 Å². The molecule has 0 aromatic heterocycles. The van der Waals surface area contributed by atoms with E-state index in [1.54, 1.807) is 0 Å². The summed E-state index contributed by atoms with van der Waals surface area (Å²) in [6.45, 7) is 8.40. The van der Waals surface area contributed by atoms with E-state index in [2.05, 4.69) is 38.3 Å². The van der Waals surface area contributed by atoms with Crippen LogP contribution in [0, 0.1) is 0 Å². The molecule has 0 aliphatic carbocycles. The average Bonchev–Trinajstić information content (AvgIpc) is 2.26. The SMILES string of the molecule is CCCCCC[N+]1(CCC)C=CC=CC1. The summed E-state index contributed by atoms with van der Waals surface area (Å²) in [5.41, 5.74) is 0. The smallest absolute Gasteiger partial charge is 0.102 e. The van der Waals surface area contributed by atoms with Crippen LogP contribution >= 0.6 is 0 Å². The summed E-state index contributed by atoms with van der Waals surface area (Å²) in [6, 6.07) is 0. The highest BCUT2D eigenvalue weighted by atomic mass is 15.3. The molecule has 86 valence electrons. The molecule has 0 amide bonds. The van der Waals surface area contributed by atoms with Crippen molar-refractivity contribution in [3.63, 3.8) is 0 Å². The first-order valence-electron chi connectivity index (χ1n) is 6.53. The minimum Gasteiger partial charge on any atom is -0.294 e. The maximum Gasteiger partial charge on any atom is 0.102 e. The van der Waals surface area contributed by atoms with E-state index >= 15 is 0 Å². The molecule has 1 rings (SSSR count). The van der Waals surface area contributed by atoms with Crippen LogP contribution in [-0.4, -0.2) is 24.1 Å². The monoisotopic (exact) mass is 208 g/mol. The molecule has 15 heavy (non-hydrogen) atoms. The Hall–Kier alpha value is -0.560. The molecule has 0 aromatic rings. The molecule has 0 saturated carbocycles. The Balaban J connectivity index is 2.36. The summed E-state index contributed by atoms with van der Waals surface area (Å²) < 4.78 is 1.19. The Morgan fingerprint density at radius 3 is 2.40 bits per heavy atom. The molecule has 1 atom stereocenters. The molecule has 0 N–H and O–H groups in total. The quantitative estimate of drug-likeness (QED) is 0.440. The molecule has 1 heterocycles. The lowest BCUT2D eigenvalue weighted by atomic mass is 10.1. The van der Waals surface area contributed by atoms with Crippen molar-refractivity contribution in [2.75, 3.05) is 19.6 Å². The average molecular weight is 208 g/mol. The van der Waals surface area contributed by atoms with E-state index in [9.17, 15) is 0 Å². The number of allylic oxidation sites excluding steroid dienone is 2. The van der Waals surface area contributed by atoms with Gasteiger partial charge < -0.3 is 0 Å². The van der Waals surface area contributed by atoms with E-state index in [1.165, 1.54) is 56.2 Å². The predicted molar refractivity (Wildman–Crippen MR) is 67.6 cm³/mol. The topological polar surface area (TPSA) is 0 Å². The van der Waals surface area contributed by atoms with E-state index in [0.29, 0.717) is 0 Å². The third-order valence-corrected chi connectivity index (χ3v) is 3.24. The summed E-state index contributed by atoms with van der Waals surface area (Å²) in [4.78, 5) is 0. The zero-order valence-corrected chi connectivity index (χ0v) is 10.4. The lowest BCUT2D eigenvalue weighted by Crippen LogP contribution is -2.45. The molecule has 0 fully saturated rings. The van der Waals surface area contributed by atoms with Gasteiger partial charge in [0.1, 0.15) is 6.54 Å². The van der Waals surface area contributed by atoms with Gasteiger partial charge in [-0.25, -0.2) is 0 Å². The summed E-state index contributed by atoms with van der Waals surface area (Å²) in [5, 5.41) is 0. The highest BCUT2D eigenvalue weighted by Gasteiger charge is 2.22. The van der Waals surface area contributed by atoms with Gasteiger partial charge in [0.15, 0.2) is 0 Å². The highest BCUT2D eigenvalue weighted by Crippen LogP contribution is 2.16. The molecular formula is C14H26N+. The number of rotatable bonds is 7. The molecule has 0 radical (unpaired) electrons. The lowest BCUT2D eigenvalue weighted by Gasteiger charge is -2.35. The second kappa shape index (κ2) is 6.84. The van der Waals surface area contributed by atoms with Crippen molar-refractivity contribution in [1.82, 2.24) is 0 Å². The Bertz CT molecular complexity index is 217. The molecule has 1 unspecified atom stereocenters. The minimum atomic E-state index is 1.19. The molecule has 1 aliphatic rings. The Morgan fingerprint density at radius 2 is 1.80 bits per heavy atom. The third-order valence-electron chi connectivity index (χ3n) is 3.24. The molecule has 0 spiro atoms. The van der Waals surface area contributed by atoms with Crippen LogP contribution in [0.4, 0.5) is 0 Å². The van der Waals surface area contributed by atoms with Gasteiger partial charge in [0.2, 0.25) is 0 Å². The van der Waals surface area contributed by atoms with Gasteiger partial charge in [0.25, 0.3) is 0 Å². The van der Waals surface area contributed by atoms with Crippen LogP contribution in [0.25, 0.3) is 0 Å². The van der Waals surface area contributed by atoms with Crippen LogP contribution in [-0.2, 0) is 0 Å². The first-order chi connectivity index (χ1) is 7.33. The summed E-state index contributed by atoms with van der Waals surface area (Å²) in [7, 11) is 0. The Morgan fingerprint density at radius 1 is 0.933 bits per heavy atom. The van der Waals surface area contributed by atoms with Crippen molar-refractivity contribution in [1.29, 1.82) is 0 Å². The largest absolute Gasteiger partial charge is 0.294 e. The Labute approximate surface area is 95.1 Å². The zero-order chi connectivity index (χ0) is 11.0. The molecule has 0 bridgehead atoms. The van der Waals surface area contributed by atoms with Gasteiger partial charge in [-0.15, -0.1) is 0 Å². The highest BCUT2D eigenvalue weighted by molar-refractivity contribution is 5.03. The van der Waals surface area contributed by atoms with E-state index < -0.39 is 0 Å². The van der Waals surface area contributed by atoms with Crippen molar-refractivity contribution >= 4 is 0 Å². The number of hydrogen-bond donors (Lipinski definition) is 0. The van der Waals surface area contributed by atoms with Gasteiger partial charge in [-0.3, -0.25) is 4.48 Å². The molecule has 1 heteroatoms. The number of hydrogen-bond acceptors (Lipinski definition) is 0. The Kier molecular flexibility index (Phi) is 5.70. The van der Waals surface area contributed by atoms with Gasteiger partial charge in [0.05, 0.1) is 19.3 Å². The van der Waals surface area contributed by atoms with Gasteiger partial charge in [0, 0.05) is 0 Å². The summed E-state index contributed by atoms with van der Waals surface area (Å²) >= 11 is 0. The van der Waals surface area contributed by atoms with Crippen LogP contribution in [0.15, 0.2) is 24.4 Å². The number of nitrogens with zero attached hydrogens (tertiary/aromatic N) is 1. The standard InChI is InChI=1S/C14H26N/c1-3-5-6-8-12-15(11-4-2)13-9-7-10-14-15/h7,9-10,13H,3-6,8,11-12,14H2,1-2H3/q+1. The molecule has 1 nitrogen and oxygen atoms in total. The van der Waals surface area contributed by atoms with Crippen molar-refractivity contribution in [3.8, 4) is 0 Å². The van der Waals surface area contributed by atoms with Crippen LogP contribution < -0.4 is 0 Å². The first kappa shape index (κ1) is 12.5. The van der Waals surface area contributed by atoms with Crippen LogP contribution in [0.3, 0.4) is 0 Å². The van der Waals surface area contributed by atoms with E-state index in [-0.39, 0.29) is 0 Å². The van der Waals surface area contributed by atoms with Gasteiger partial charge in [-0.2, -0.15) is 0 Å². The van der Waals surface area contributed by atoms with E-state index in [1.807, 2.05) is 0 Å². The fourth-order valence-corrected chi connectivity index (χ4v) is 2.38. The van der Waals surface area contributed by atoms with Crippen LogP contribution in [0.2, 0.25) is 0 Å². The third kappa shape index (κ3) is 4.21. The zero-order valence-electron chi connectivity index (χ0n) is 10.4. The van der Waals surface area contributed by atoms with E-state index in [0.717, 1.165) is 0 Å². The van der Waals surface area contributed by atoms with Gasteiger partial charge in [-0.05, 0) is 31.4 Å². The normalized spacial score (nSPS) is 24.7. The number of unbranched alkanes of at least 4 members (excludes halogenated alkanes) is 3. The summed E-state index contributed by atoms with van der Waals surface area (Å²) in [6.07, 6.45) is 15.9. The minimum absolute atomic E-state index is 1.19. The van der Waals surface area contributed by atoms with E-state index in [4.69, 9.17) is 0 Å². The fourth-order valence-electron chi connectivity index (χ4n) is 2.38. The maximum atomic E-state index is 2.40. The second-order valence-corrected chi connectivity index (χ2v) is 4.68. The second-order valence-electron chi connectivity index (χ2n) is 4.68. The van der Waals surface area contributed by atoms with Crippen molar-refractivity contribution in [3.05, 3.63) is 24.4 Å². The van der Waals surface area contributed by atoms with Crippen LogP contribution in [0.1, 0.15) is 46.0 Å². The molecule has 0 saturated heterocycles. The molecule has 1 aliphatic heterocycles. The lowest BCUT2D eigenvalue weighted by molar-refractivity contribution is -0.874. The van der Waals surface area contributed by atoms with Gasteiger partial charge >= 0.3 is 0 Å². The van der Waals surface area contributed by atoms with Crippen molar-refractivity contribution in [2.45, 2.75) is 46.0 Å². The number of quaternary nitrogens is 1. The van der Waals surface area contributed by atoms with Crippen LogP contribution in [0.5, 0.6) is 0 Å². The molecule has 0 aromatic carbocycles. The predicted octanol–water partition coefficient (Wildman–Crippen LogP) is 3.88. The maximum absolute atomic E-state index is 2.40. The van der Waals surface area contributed by atoms with Crippen molar-refractivity contribution in [2.24, 2.45) is 0 Å². The summed E-state index contributed by atoms with van der Waals surface area (Å²) in [5.74, 6) is 0. The first-order valence-corrected chi connectivity index (χ1v) is 6.53. The van der Waals surface area contributed by atoms with Gasteiger partial charge in [-0.1, -0.05) is 32.8 Å². The fraction of sp³-hybridized carbons (Fsp3) is 0.714. The molecular weight excluding hydrogens is 182 g/mol.